The fourth-order valence-corrected chi connectivity index (χ4v) is 4.97. The van der Waals surface area contributed by atoms with E-state index in [-0.39, 0.29) is 59.7 Å². The molecule has 0 aliphatic carbocycles. The third-order valence-electron chi connectivity index (χ3n) is 5.61. The molecule has 2 amide bonds. The first-order valence-corrected chi connectivity index (χ1v) is 11.7. The van der Waals surface area contributed by atoms with E-state index in [9.17, 15) is 29.4 Å². The molecule has 2 aliphatic rings. The topological polar surface area (TPSA) is 187 Å². The number of fused-ring (bicyclic) bond motifs is 1. The number of hydrogen-bond acceptors (Lipinski definition) is 11. The molecule has 1 saturated heterocycles. The van der Waals surface area contributed by atoms with Crippen molar-refractivity contribution in [3.63, 3.8) is 0 Å². The number of phenolic OH excluding ortho intramolecular Hbond substituents is 2. The normalized spacial score (nSPS) is 24.2. The van der Waals surface area contributed by atoms with E-state index in [1.54, 1.807) is 0 Å². The minimum atomic E-state index is -1.28. The maximum absolute atomic E-state index is 13.2. The molecule has 1 fully saturated rings. The van der Waals surface area contributed by atoms with Gasteiger partial charge in [-0.2, -0.15) is 11.8 Å². The van der Waals surface area contributed by atoms with Crippen LogP contribution < -0.4 is 16.4 Å². The Morgan fingerprint density at radius 3 is 2.66 bits per heavy atom. The number of aromatic hydroxyl groups is 2. The summed E-state index contributed by atoms with van der Waals surface area (Å²) in [6.07, 6.45) is -0.764. The number of primary amides is 1. The van der Waals surface area contributed by atoms with Gasteiger partial charge in [-0.3, -0.25) is 9.59 Å². The smallest absolute Gasteiger partial charge is 0.338 e. The molecule has 12 nitrogen and oxygen atoms in total. The van der Waals surface area contributed by atoms with Crippen LogP contribution in [0.2, 0.25) is 0 Å². The van der Waals surface area contributed by atoms with Crippen LogP contribution in [0.25, 0.3) is 0 Å². The summed E-state index contributed by atoms with van der Waals surface area (Å²) in [5, 5.41) is 25.8. The first kappa shape index (κ1) is 28.5. The monoisotopic (exact) mass is 533 g/mol. The van der Waals surface area contributed by atoms with Gasteiger partial charge in [0.1, 0.15) is 24.1 Å². The molecule has 6 N–H and O–H groups in total. The van der Waals surface area contributed by atoms with Gasteiger partial charge < -0.3 is 40.8 Å². The lowest BCUT2D eigenvalue weighted by molar-refractivity contribution is -0.148. The number of nitrogens with one attached hydrogen (secondary N) is 2. The van der Waals surface area contributed by atoms with Gasteiger partial charge >= 0.3 is 11.9 Å². The zero-order valence-electron chi connectivity index (χ0n) is 18.9. The van der Waals surface area contributed by atoms with Gasteiger partial charge in [-0.05, 0) is 6.07 Å². The molecule has 194 valence electrons. The van der Waals surface area contributed by atoms with Gasteiger partial charge in [0.15, 0.2) is 0 Å². The summed E-state index contributed by atoms with van der Waals surface area (Å²) in [7, 11) is 1.17. The summed E-state index contributed by atoms with van der Waals surface area (Å²) in [5.74, 6) is -6.21. The van der Waals surface area contributed by atoms with Gasteiger partial charge in [0, 0.05) is 36.2 Å². The number of methoxy groups -OCH3 is 1. The number of cyclic esters (lactones) is 1. The second kappa shape index (κ2) is 12.8. The number of hydrogen-bond donors (Lipinski definition) is 5. The molecule has 0 saturated carbocycles. The molecule has 0 aromatic heterocycles. The molecule has 2 unspecified atom stereocenters. The predicted octanol–water partition coefficient (Wildman–Crippen LogP) is -0.713. The molecule has 35 heavy (non-hydrogen) atoms. The first-order chi connectivity index (χ1) is 16.2. The van der Waals surface area contributed by atoms with Crippen molar-refractivity contribution in [2.75, 3.05) is 39.2 Å². The lowest BCUT2D eigenvalue weighted by Crippen LogP contribution is -2.55. The van der Waals surface area contributed by atoms with Gasteiger partial charge in [0.05, 0.1) is 37.2 Å². The van der Waals surface area contributed by atoms with Gasteiger partial charge in [-0.1, -0.05) is 0 Å². The van der Waals surface area contributed by atoms with Gasteiger partial charge in [0.2, 0.25) is 11.8 Å². The lowest BCUT2D eigenvalue weighted by atomic mass is 9.85. The average molecular weight is 534 g/mol. The Morgan fingerprint density at radius 1 is 1.29 bits per heavy atom. The zero-order valence-corrected chi connectivity index (χ0v) is 20.5. The van der Waals surface area contributed by atoms with Crippen LogP contribution in [0.1, 0.15) is 15.9 Å². The molecule has 4 atom stereocenters. The van der Waals surface area contributed by atoms with Crippen LogP contribution in [0.5, 0.6) is 11.5 Å². The fourth-order valence-electron chi connectivity index (χ4n) is 3.89. The summed E-state index contributed by atoms with van der Waals surface area (Å²) < 4.78 is 15.8. The number of benzene rings is 1. The number of carbonyl (C=O) groups is 4. The molecular formula is C21H28ClN3O9S. The van der Waals surface area contributed by atoms with Crippen molar-refractivity contribution in [3.8, 4) is 11.5 Å². The Labute approximate surface area is 211 Å². The van der Waals surface area contributed by atoms with E-state index in [2.05, 4.69) is 10.6 Å². The number of carbonyl (C=O) groups excluding carboxylic acids is 4. The molecule has 3 rings (SSSR count). The zero-order chi connectivity index (χ0) is 24.8. The van der Waals surface area contributed by atoms with Crippen molar-refractivity contribution in [2.45, 2.75) is 17.9 Å². The summed E-state index contributed by atoms with van der Waals surface area (Å²) in [6, 6.07) is 1.13. The molecule has 1 aromatic carbocycles. The van der Waals surface area contributed by atoms with Crippen LogP contribution in [0, 0.1) is 11.8 Å². The highest BCUT2D eigenvalue weighted by Crippen LogP contribution is 2.32. The van der Waals surface area contributed by atoms with E-state index in [4.69, 9.17) is 19.9 Å². The van der Waals surface area contributed by atoms with Gasteiger partial charge in [0.25, 0.3) is 0 Å². The number of nitrogens with two attached hydrogens (primary N) is 1. The van der Waals surface area contributed by atoms with Crippen LogP contribution >= 0.6 is 24.2 Å². The Hall–Kier alpha value is -2.74. The minimum Gasteiger partial charge on any atom is -0.508 e. The molecule has 2 aliphatic heterocycles. The summed E-state index contributed by atoms with van der Waals surface area (Å²) >= 11 is 1.14. The standard InChI is InChI=1S/C21H27N3O9S.ClH/c1-31-21(30)14-9-34-8-13-11(4-10(25)5-15(13)26)20(29)33-7-12(19(28)24-14)17(18(22)27)16-6-23-2-3-32-16;/h4-5,12,14,16-17,23,25-26H,2-3,6-9H2,1H3,(H2,22,27)(H,24,28);1H/t12-,14+,16?,17?;/m1./s1. The number of thioether (sulfide) groups is 1. The number of halogens is 1. The second-order valence-electron chi connectivity index (χ2n) is 7.84. The van der Waals surface area contributed by atoms with Gasteiger partial charge in [-0.15, -0.1) is 12.4 Å². The third kappa shape index (κ3) is 6.90. The van der Waals surface area contributed by atoms with Crippen molar-refractivity contribution < 1.29 is 43.6 Å². The van der Waals surface area contributed by atoms with E-state index in [0.29, 0.717) is 6.54 Å². The van der Waals surface area contributed by atoms with Crippen LogP contribution in [-0.2, 0) is 34.3 Å². The quantitative estimate of drug-likeness (QED) is 0.307. The highest BCUT2D eigenvalue weighted by molar-refractivity contribution is 7.98. The number of morpholine rings is 1. The predicted molar refractivity (Wildman–Crippen MR) is 126 cm³/mol. The van der Waals surface area contributed by atoms with Crippen LogP contribution in [0.15, 0.2) is 12.1 Å². The van der Waals surface area contributed by atoms with E-state index in [1.807, 2.05) is 0 Å². The van der Waals surface area contributed by atoms with E-state index >= 15 is 0 Å². The highest BCUT2D eigenvalue weighted by Gasteiger charge is 2.42. The van der Waals surface area contributed by atoms with Crippen molar-refractivity contribution in [2.24, 2.45) is 17.6 Å². The average Bonchev–Trinajstić information content (AvgIpc) is 2.80. The Bertz CT molecular complexity index is 958. The summed E-state index contributed by atoms with van der Waals surface area (Å²) in [5.41, 5.74) is 5.70. The van der Waals surface area contributed by atoms with Crippen molar-refractivity contribution in [3.05, 3.63) is 23.3 Å². The molecule has 0 bridgehead atoms. The van der Waals surface area contributed by atoms with Crippen LogP contribution in [0.4, 0.5) is 0 Å². The molecular weight excluding hydrogens is 506 g/mol. The SMILES string of the molecule is COC(=O)[C@@H]1CSCc2c(O)cc(O)cc2C(=O)OC[C@H](C(C(N)=O)C2CNCCO2)C(=O)N1.Cl. The lowest BCUT2D eigenvalue weighted by Gasteiger charge is -2.34. The third-order valence-corrected chi connectivity index (χ3v) is 6.68. The number of rotatable bonds is 4. The first-order valence-electron chi connectivity index (χ1n) is 10.5. The van der Waals surface area contributed by atoms with Crippen LogP contribution in [0.3, 0.4) is 0 Å². The highest BCUT2D eigenvalue weighted by atomic mass is 35.5. The number of esters is 2. The summed E-state index contributed by atoms with van der Waals surface area (Å²) in [4.78, 5) is 50.8. The largest absolute Gasteiger partial charge is 0.508 e. The van der Waals surface area contributed by atoms with Crippen molar-refractivity contribution in [1.82, 2.24) is 10.6 Å². The van der Waals surface area contributed by atoms with Gasteiger partial charge in [-0.25, -0.2) is 9.59 Å². The molecule has 14 heteroatoms. The Balaban J connectivity index is 0.00000432. The Morgan fingerprint density at radius 2 is 2.03 bits per heavy atom. The second-order valence-corrected chi connectivity index (χ2v) is 8.87. The number of amides is 2. The van der Waals surface area contributed by atoms with E-state index < -0.39 is 54.3 Å². The minimum absolute atomic E-state index is 0. The van der Waals surface area contributed by atoms with E-state index in [0.717, 1.165) is 23.9 Å². The maximum Gasteiger partial charge on any atom is 0.338 e. The molecule has 2 heterocycles. The summed E-state index contributed by atoms with van der Waals surface area (Å²) in [6.45, 7) is 0.524. The van der Waals surface area contributed by atoms with Crippen molar-refractivity contribution >= 4 is 47.9 Å². The fraction of sp³-hybridized carbons (Fsp3) is 0.524. The van der Waals surface area contributed by atoms with Crippen molar-refractivity contribution in [1.29, 1.82) is 0 Å². The maximum atomic E-state index is 13.2. The Kier molecular flexibility index (Phi) is 10.4. The molecule has 0 spiro atoms. The molecule has 1 aromatic rings. The van der Waals surface area contributed by atoms with E-state index in [1.165, 1.54) is 7.11 Å². The van der Waals surface area contributed by atoms with Crippen LogP contribution in [-0.4, -0.2) is 85.3 Å². The number of ether oxygens (including phenoxy) is 3. The molecule has 0 radical (unpaired) electrons. The number of phenols is 2.